The highest BCUT2D eigenvalue weighted by Gasteiger charge is 2.15. The van der Waals surface area contributed by atoms with Crippen LogP contribution in [0.1, 0.15) is 17.3 Å². The van der Waals surface area contributed by atoms with E-state index in [1.54, 1.807) is 0 Å². The van der Waals surface area contributed by atoms with E-state index in [4.69, 9.17) is 0 Å². The maximum atomic E-state index is 12.5. The molecular weight excluding hydrogens is 344 g/mol. The van der Waals surface area contributed by atoms with Gasteiger partial charge in [-0.05, 0) is 43.3 Å². The molecule has 136 valence electrons. The van der Waals surface area contributed by atoms with Gasteiger partial charge in [-0.25, -0.2) is 0 Å². The summed E-state index contributed by atoms with van der Waals surface area (Å²) >= 11 is 0. The van der Waals surface area contributed by atoms with E-state index in [1.165, 1.54) is 0 Å². The zero-order chi connectivity index (χ0) is 19.1. The molecule has 4 rings (SSSR count). The largest absolute Gasteiger partial charge is 0.504 e. The summed E-state index contributed by atoms with van der Waals surface area (Å²) in [6.07, 6.45) is 0. The van der Waals surface area contributed by atoms with Crippen LogP contribution in [-0.2, 0) is 6.54 Å². The number of phenols is 3. The van der Waals surface area contributed by atoms with Crippen molar-refractivity contribution in [3.63, 3.8) is 0 Å². The van der Waals surface area contributed by atoms with E-state index < -0.39 is 23.2 Å². The number of nitrogens with one attached hydrogen (secondary N) is 1. The van der Waals surface area contributed by atoms with Crippen LogP contribution in [0.4, 0.5) is 5.69 Å². The van der Waals surface area contributed by atoms with Crippen LogP contribution in [0.2, 0.25) is 0 Å². The zero-order valence-electron chi connectivity index (χ0n) is 14.6. The van der Waals surface area contributed by atoms with Gasteiger partial charge in [-0.15, -0.1) is 0 Å². The van der Waals surface area contributed by atoms with Gasteiger partial charge in [0.2, 0.25) is 0 Å². The Hall–Kier alpha value is -3.67. The van der Waals surface area contributed by atoms with Crippen molar-refractivity contribution in [1.82, 2.24) is 4.57 Å². The highest BCUT2D eigenvalue weighted by Crippen LogP contribution is 2.36. The third-order valence-corrected chi connectivity index (χ3v) is 4.68. The SMILES string of the molecule is CCn1c2ccccc2c2cc(NC(=O)c3cc(O)c(O)c(O)c3)ccc21. The van der Waals surface area contributed by atoms with Crippen LogP contribution in [0.3, 0.4) is 0 Å². The van der Waals surface area contributed by atoms with Crippen LogP contribution in [-0.4, -0.2) is 25.8 Å². The minimum absolute atomic E-state index is 0.0406. The van der Waals surface area contributed by atoms with Crippen LogP contribution in [0.15, 0.2) is 54.6 Å². The van der Waals surface area contributed by atoms with E-state index in [-0.39, 0.29) is 5.56 Å². The van der Waals surface area contributed by atoms with Crippen molar-refractivity contribution < 1.29 is 20.1 Å². The maximum Gasteiger partial charge on any atom is 0.255 e. The summed E-state index contributed by atoms with van der Waals surface area (Å²) in [6.45, 7) is 2.92. The van der Waals surface area contributed by atoms with E-state index in [0.717, 1.165) is 40.5 Å². The number of benzene rings is 3. The number of aryl methyl sites for hydroxylation is 1. The molecule has 4 N–H and O–H groups in total. The summed E-state index contributed by atoms with van der Waals surface area (Å²) in [5, 5.41) is 33.5. The lowest BCUT2D eigenvalue weighted by Gasteiger charge is -2.08. The molecule has 0 unspecified atom stereocenters. The number of aromatic hydroxyl groups is 3. The quantitative estimate of drug-likeness (QED) is 0.411. The lowest BCUT2D eigenvalue weighted by atomic mass is 10.1. The Morgan fingerprint density at radius 2 is 1.59 bits per heavy atom. The lowest BCUT2D eigenvalue weighted by molar-refractivity contribution is 0.102. The standard InChI is InChI=1S/C21H18N2O4/c1-2-23-16-6-4-3-5-14(16)15-11-13(7-8-17(15)23)22-21(27)12-9-18(24)20(26)19(25)10-12/h3-11,24-26H,2H2,1H3,(H,22,27). The molecule has 0 atom stereocenters. The minimum atomic E-state index is -0.652. The first-order valence-electron chi connectivity index (χ1n) is 8.57. The van der Waals surface area contributed by atoms with Crippen LogP contribution in [0.25, 0.3) is 21.8 Å². The molecule has 0 saturated heterocycles. The highest BCUT2D eigenvalue weighted by atomic mass is 16.3. The summed E-state index contributed by atoms with van der Waals surface area (Å²) in [5.74, 6) is -2.26. The number of hydrogen-bond acceptors (Lipinski definition) is 4. The molecule has 27 heavy (non-hydrogen) atoms. The van der Waals surface area contributed by atoms with E-state index in [0.29, 0.717) is 5.69 Å². The fourth-order valence-electron chi connectivity index (χ4n) is 3.41. The number of para-hydroxylation sites is 1. The van der Waals surface area contributed by atoms with E-state index in [9.17, 15) is 20.1 Å². The summed E-state index contributed by atoms with van der Waals surface area (Å²) < 4.78 is 2.21. The van der Waals surface area contributed by atoms with Crippen molar-refractivity contribution in [2.45, 2.75) is 13.5 Å². The molecule has 0 radical (unpaired) electrons. The molecule has 0 aliphatic heterocycles. The molecule has 3 aromatic carbocycles. The zero-order valence-corrected chi connectivity index (χ0v) is 14.6. The number of nitrogens with zero attached hydrogens (tertiary/aromatic N) is 1. The monoisotopic (exact) mass is 362 g/mol. The average Bonchev–Trinajstić information content (AvgIpc) is 2.98. The number of anilines is 1. The van der Waals surface area contributed by atoms with Gasteiger partial charge in [0.05, 0.1) is 0 Å². The van der Waals surface area contributed by atoms with E-state index in [2.05, 4.69) is 22.9 Å². The second-order valence-electron chi connectivity index (χ2n) is 6.31. The third-order valence-electron chi connectivity index (χ3n) is 4.68. The number of carbonyl (C=O) groups is 1. The third kappa shape index (κ3) is 2.71. The Labute approximate surface area is 154 Å². The van der Waals surface area contributed by atoms with Gasteiger partial charge >= 0.3 is 0 Å². The number of carbonyl (C=O) groups excluding carboxylic acids is 1. The first kappa shape index (κ1) is 16.8. The molecule has 4 aromatic rings. The van der Waals surface area contributed by atoms with Gasteiger partial charge in [0.25, 0.3) is 5.91 Å². The van der Waals surface area contributed by atoms with Crippen molar-refractivity contribution in [2.24, 2.45) is 0 Å². The van der Waals surface area contributed by atoms with E-state index in [1.807, 2.05) is 36.4 Å². The van der Waals surface area contributed by atoms with E-state index >= 15 is 0 Å². The fourth-order valence-corrected chi connectivity index (χ4v) is 3.41. The Morgan fingerprint density at radius 3 is 2.30 bits per heavy atom. The van der Waals surface area contributed by atoms with Gasteiger partial charge in [-0.1, -0.05) is 18.2 Å². The highest BCUT2D eigenvalue weighted by molar-refractivity contribution is 6.11. The minimum Gasteiger partial charge on any atom is -0.504 e. The van der Waals surface area contributed by atoms with Crippen LogP contribution in [0.5, 0.6) is 17.2 Å². The number of rotatable bonds is 3. The Morgan fingerprint density at radius 1 is 0.926 bits per heavy atom. The first-order chi connectivity index (χ1) is 13.0. The van der Waals surface area contributed by atoms with Crippen LogP contribution >= 0.6 is 0 Å². The van der Waals surface area contributed by atoms with Crippen molar-refractivity contribution in [1.29, 1.82) is 0 Å². The van der Waals surface area contributed by atoms with Crippen LogP contribution in [0, 0.1) is 0 Å². The van der Waals surface area contributed by atoms with Crippen molar-refractivity contribution >= 4 is 33.4 Å². The molecule has 1 heterocycles. The molecule has 0 bridgehead atoms. The summed E-state index contributed by atoms with van der Waals surface area (Å²) in [7, 11) is 0. The van der Waals surface area contributed by atoms with Gasteiger partial charge in [-0.3, -0.25) is 4.79 Å². The molecule has 6 heteroatoms. The molecule has 1 aromatic heterocycles. The van der Waals surface area contributed by atoms with Gasteiger partial charge in [0.15, 0.2) is 17.2 Å². The van der Waals surface area contributed by atoms with Gasteiger partial charge < -0.3 is 25.2 Å². The predicted octanol–water partition coefficient (Wildman–Crippen LogP) is 4.18. The molecule has 0 aliphatic rings. The summed E-state index contributed by atoms with van der Waals surface area (Å²) in [4.78, 5) is 12.5. The molecule has 0 fully saturated rings. The molecule has 6 nitrogen and oxygen atoms in total. The Kier molecular flexibility index (Phi) is 3.88. The summed E-state index contributed by atoms with van der Waals surface area (Å²) in [6, 6.07) is 16.0. The predicted molar refractivity (Wildman–Crippen MR) is 105 cm³/mol. The number of phenolic OH excluding ortho intramolecular Hbond substituents is 3. The van der Waals surface area contributed by atoms with Crippen LogP contribution < -0.4 is 5.32 Å². The number of fused-ring (bicyclic) bond motifs is 3. The number of hydrogen-bond donors (Lipinski definition) is 4. The van der Waals surface area contributed by atoms with Gasteiger partial charge in [0, 0.05) is 39.6 Å². The van der Waals surface area contributed by atoms with Gasteiger partial charge in [0.1, 0.15) is 0 Å². The van der Waals surface area contributed by atoms with Crippen molar-refractivity contribution in [3.8, 4) is 17.2 Å². The summed E-state index contributed by atoms with van der Waals surface area (Å²) in [5.41, 5.74) is 2.85. The van der Waals surface area contributed by atoms with Crippen molar-refractivity contribution in [2.75, 3.05) is 5.32 Å². The molecular formula is C21H18N2O4. The fraction of sp³-hybridized carbons (Fsp3) is 0.0952. The maximum absolute atomic E-state index is 12.5. The first-order valence-corrected chi connectivity index (χ1v) is 8.57. The topological polar surface area (TPSA) is 94.7 Å². The van der Waals surface area contributed by atoms with Crippen molar-refractivity contribution in [3.05, 3.63) is 60.2 Å². The van der Waals surface area contributed by atoms with Gasteiger partial charge in [-0.2, -0.15) is 0 Å². The lowest BCUT2D eigenvalue weighted by Crippen LogP contribution is -2.11. The second-order valence-corrected chi connectivity index (χ2v) is 6.31. The number of aromatic nitrogens is 1. The second kappa shape index (κ2) is 6.25. The smallest absolute Gasteiger partial charge is 0.255 e. The Bertz CT molecular complexity index is 1170. The molecule has 0 spiro atoms. The molecule has 0 aliphatic carbocycles. The normalized spacial score (nSPS) is 11.1. The number of amides is 1. The molecule has 1 amide bonds. The molecule has 0 saturated carbocycles. The Balaban J connectivity index is 1.75. The average molecular weight is 362 g/mol.